The first kappa shape index (κ1) is 22.6. The number of thiophene rings is 1. The van der Waals surface area contributed by atoms with Crippen LogP contribution in [-0.2, 0) is 12.8 Å². The van der Waals surface area contributed by atoms with Crippen molar-refractivity contribution in [1.29, 1.82) is 0 Å². The van der Waals surface area contributed by atoms with Crippen molar-refractivity contribution in [3.8, 4) is 0 Å². The summed E-state index contributed by atoms with van der Waals surface area (Å²) in [5.41, 5.74) is 2.14. The van der Waals surface area contributed by atoms with Crippen LogP contribution in [0.5, 0.6) is 0 Å². The first-order valence-electron chi connectivity index (χ1n) is 12.2. The summed E-state index contributed by atoms with van der Waals surface area (Å²) in [6.07, 6.45) is 7.13. The van der Waals surface area contributed by atoms with Crippen molar-refractivity contribution in [2.24, 2.45) is 0 Å². The zero-order valence-electron chi connectivity index (χ0n) is 19.4. The first-order valence-corrected chi connectivity index (χ1v) is 13.4. The fraction of sp³-hybridized carbons (Fsp3) is 0.500. The van der Waals surface area contributed by atoms with Gasteiger partial charge in [0.25, 0.3) is 5.91 Å². The Kier molecular flexibility index (Phi) is 6.57. The Morgan fingerprint density at radius 3 is 2.67 bits per heavy atom. The normalized spacial score (nSPS) is 17.7. The van der Waals surface area contributed by atoms with Crippen molar-refractivity contribution in [3.05, 3.63) is 51.1 Å². The van der Waals surface area contributed by atoms with Crippen molar-refractivity contribution in [1.82, 2.24) is 14.9 Å². The van der Waals surface area contributed by atoms with Crippen LogP contribution in [0.2, 0.25) is 5.02 Å². The van der Waals surface area contributed by atoms with E-state index in [9.17, 15) is 4.79 Å². The zero-order chi connectivity index (χ0) is 22.9. The average molecular weight is 483 g/mol. The van der Waals surface area contributed by atoms with Crippen molar-refractivity contribution < 1.29 is 4.79 Å². The summed E-state index contributed by atoms with van der Waals surface area (Å²) < 4.78 is 0. The second-order valence-electron chi connectivity index (χ2n) is 9.25. The molecule has 1 amide bonds. The number of halogens is 1. The monoisotopic (exact) mass is 482 g/mol. The Balaban J connectivity index is 1.45. The van der Waals surface area contributed by atoms with E-state index in [1.165, 1.54) is 35.1 Å². The Hall–Kier alpha value is -2.18. The molecule has 1 fully saturated rings. The summed E-state index contributed by atoms with van der Waals surface area (Å²) in [6.45, 7) is 7.34. The van der Waals surface area contributed by atoms with Crippen LogP contribution in [0.25, 0.3) is 10.2 Å². The van der Waals surface area contributed by atoms with Gasteiger partial charge in [-0.15, -0.1) is 11.3 Å². The predicted molar refractivity (Wildman–Crippen MR) is 137 cm³/mol. The molecule has 0 radical (unpaired) electrons. The highest BCUT2D eigenvalue weighted by Gasteiger charge is 2.28. The van der Waals surface area contributed by atoms with Crippen LogP contribution in [0.3, 0.4) is 0 Å². The fourth-order valence-electron chi connectivity index (χ4n) is 4.89. The molecule has 7 heteroatoms. The number of amides is 1. The van der Waals surface area contributed by atoms with E-state index >= 15 is 0 Å². The molecule has 174 valence electrons. The number of hydrogen-bond acceptors (Lipinski definition) is 5. The SMILES string of the molecule is CCC(C)c1nc(N2CCN(C(=O)c3cccc(Cl)c3)CC2)c2c3c(sc2n1)CCCCC3. The van der Waals surface area contributed by atoms with Crippen LogP contribution in [0.1, 0.15) is 72.1 Å². The van der Waals surface area contributed by atoms with E-state index in [0.717, 1.165) is 48.8 Å². The van der Waals surface area contributed by atoms with E-state index in [2.05, 4.69) is 18.7 Å². The molecule has 5 rings (SSSR count). The maximum Gasteiger partial charge on any atom is 0.254 e. The van der Waals surface area contributed by atoms with Gasteiger partial charge >= 0.3 is 0 Å². The van der Waals surface area contributed by atoms with Crippen LogP contribution in [-0.4, -0.2) is 47.0 Å². The van der Waals surface area contributed by atoms with Crippen LogP contribution in [0.15, 0.2) is 24.3 Å². The van der Waals surface area contributed by atoms with Crippen LogP contribution in [0, 0.1) is 0 Å². The predicted octanol–water partition coefficient (Wildman–Crippen LogP) is 6.09. The fourth-order valence-corrected chi connectivity index (χ4v) is 6.34. The Bertz CT molecular complexity index is 1170. The molecule has 1 saturated heterocycles. The molecule has 1 aliphatic carbocycles. The smallest absolute Gasteiger partial charge is 0.254 e. The van der Waals surface area contributed by atoms with Crippen LogP contribution < -0.4 is 4.90 Å². The summed E-state index contributed by atoms with van der Waals surface area (Å²) in [4.78, 5) is 30.2. The molecule has 0 bridgehead atoms. The lowest BCUT2D eigenvalue weighted by Gasteiger charge is -2.36. The third-order valence-electron chi connectivity index (χ3n) is 7.05. The van der Waals surface area contributed by atoms with Gasteiger partial charge in [-0.2, -0.15) is 0 Å². The molecule has 33 heavy (non-hydrogen) atoms. The Labute approximate surface area is 204 Å². The molecule has 2 aliphatic rings. The minimum atomic E-state index is 0.0506. The molecule has 5 nitrogen and oxygen atoms in total. The third kappa shape index (κ3) is 4.47. The van der Waals surface area contributed by atoms with E-state index in [1.807, 2.05) is 28.4 Å². The summed E-state index contributed by atoms with van der Waals surface area (Å²) in [7, 11) is 0. The molecule has 2 aromatic heterocycles. The van der Waals surface area contributed by atoms with E-state index in [4.69, 9.17) is 21.6 Å². The quantitative estimate of drug-likeness (QED) is 0.422. The van der Waals surface area contributed by atoms with Gasteiger partial charge in [0.15, 0.2) is 0 Å². The van der Waals surface area contributed by atoms with Gasteiger partial charge in [0.2, 0.25) is 0 Å². The minimum Gasteiger partial charge on any atom is -0.352 e. The van der Waals surface area contributed by atoms with Gasteiger partial charge in [0.1, 0.15) is 16.5 Å². The number of aryl methyl sites for hydroxylation is 2. The van der Waals surface area contributed by atoms with E-state index in [-0.39, 0.29) is 5.91 Å². The number of hydrogen-bond donors (Lipinski definition) is 0. The number of carbonyl (C=O) groups excluding carboxylic acids is 1. The number of nitrogens with zero attached hydrogens (tertiary/aromatic N) is 4. The molecule has 0 N–H and O–H groups in total. The lowest BCUT2D eigenvalue weighted by Crippen LogP contribution is -2.49. The molecular weight excluding hydrogens is 452 g/mol. The summed E-state index contributed by atoms with van der Waals surface area (Å²) in [5, 5.41) is 1.87. The van der Waals surface area contributed by atoms with Gasteiger partial charge in [-0.05, 0) is 55.9 Å². The number of piperazine rings is 1. The number of anilines is 1. The highest BCUT2D eigenvalue weighted by molar-refractivity contribution is 7.19. The number of benzene rings is 1. The lowest BCUT2D eigenvalue weighted by molar-refractivity contribution is 0.0746. The largest absolute Gasteiger partial charge is 0.352 e. The number of fused-ring (bicyclic) bond motifs is 3. The van der Waals surface area contributed by atoms with Gasteiger partial charge < -0.3 is 9.80 Å². The molecular formula is C26H31ClN4OS. The van der Waals surface area contributed by atoms with Crippen molar-refractivity contribution in [3.63, 3.8) is 0 Å². The van der Waals surface area contributed by atoms with Gasteiger partial charge in [0.05, 0.1) is 5.39 Å². The van der Waals surface area contributed by atoms with Gasteiger partial charge in [-0.3, -0.25) is 4.79 Å². The Morgan fingerprint density at radius 1 is 1.12 bits per heavy atom. The number of rotatable bonds is 4. The minimum absolute atomic E-state index is 0.0506. The van der Waals surface area contributed by atoms with Crippen molar-refractivity contribution in [2.75, 3.05) is 31.1 Å². The number of carbonyl (C=O) groups is 1. The maximum atomic E-state index is 13.0. The first-order chi connectivity index (χ1) is 16.0. The molecule has 1 aromatic carbocycles. The lowest BCUT2D eigenvalue weighted by atomic mass is 10.1. The third-order valence-corrected chi connectivity index (χ3v) is 8.47. The molecule has 1 unspecified atom stereocenters. The topological polar surface area (TPSA) is 49.3 Å². The second-order valence-corrected chi connectivity index (χ2v) is 10.8. The highest BCUT2D eigenvalue weighted by atomic mass is 35.5. The average Bonchev–Trinajstić information content (AvgIpc) is 3.03. The number of aromatic nitrogens is 2. The molecule has 0 spiro atoms. The summed E-state index contributed by atoms with van der Waals surface area (Å²) >= 11 is 7.99. The van der Waals surface area contributed by atoms with Gasteiger partial charge in [-0.1, -0.05) is 37.9 Å². The maximum absolute atomic E-state index is 13.0. The summed E-state index contributed by atoms with van der Waals surface area (Å²) in [6, 6.07) is 7.23. The molecule has 1 aliphatic heterocycles. The van der Waals surface area contributed by atoms with Gasteiger partial charge in [0, 0.05) is 47.6 Å². The van der Waals surface area contributed by atoms with Crippen LogP contribution >= 0.6 is 22.9 Å². The molecule has 0 saturated carbocycles. The van der Waals surface area contributed by atoms with Crippen molar-refractivity contribution >= 4 is 44.9 Å². The molecule has 3 aromatic rings. The van der Waals surface area contributed by atoms with Gasteiger partial charge in [-0.25, -0.2) is 9.97 Å². The molecule has 3 heterocycles. The standard InChI is InChI=1S/C26H31ClN4OS/c1-3-17(2)23-28-24(22-20-10-5-4-6-11-21(20)33-25(22)29-23)30-12-14-31(15-13-30)26(32)18-8-7-9-19(27)16-18/h7-9,16-17H,3-6,10-15H2,1-2H3. The van der Waals surface area contributed by atoms with Crippen LogP contribution in [0.4, 0.5) is 5.82 Å². The van der Waals surface area contributed by atoms with E-state index in [0.29, 0.717) is 29.6 Å². The zero-order valence-corrected chi connectivity index (χ0v) is 21.0. The van der Waals surface area contributed by atoms with E-state index < -0.39 is 0 Å². The van der Waals surface area contributed by atoms with Crippen molar-refractivity contribution in [2.45, 2.75) is 58.3 Å². The highest BCUT2D eigenvalue weighted by Crippen LogP contribution is 2.40. The summed E-state index contributed by atoms with van der Waals surface area (Å²) in [5.74, 6) is 2.42. The Morgan fingerprint density at radius 2 is 1.91 bits per heavy atom. The van der Waals surface area contributed by atoms with E-state index in [1.54, 1.807) is 12.1 Å². The second kappa shape index (κ2) is 9.59. The molecule has 1 atom stereocenters.